The zero-order valence-corrected chi connectivity index (χ0v) is 11.1. The SMILES string of the molecule is CCOC(=O)CN(CC)c1cc(F)cc(F)c1[N+](=O)[O-]. The maximum Gasteiger partial charge on any atom is 0.328 e. The lowest BCUT2D eigenvalue weighted by atomic mass is 10.2. The van der Waals surface area contributed by atoms with Crippen molar-refractivity contribution in [3.8, 4) is 0 Å². The molecule has 0 saturated heterocycles. The molecule has 0 saturated carbocycles. The van der Waals surface area contributed by atoms with E-state index in [9.17, 15) is 23.7 Å². The Labute approximate surface area is 114 Å². The highest BCUT2D eigenvalue weighted by Gasteiger charge is 2.26. The van der Waals surface area contributed by atoms with Crippen molar-refractivity contribution in [3.05, 3.63) is 33.9 Å². The molecule has 0 N–H and O–H groups in total. The maximum atomic E-state index is 13.5. The van der Waals surface area contributed by atoms with Crippen LogP contribution in [0, 0.1) is 21.7 Å². The summed E-state index contributed by atoms with van der Waals surface area (Å²) in [5.41, 5.74) is -1.15. The first-order valence-corrected chi connectivity index (χ1v) is 5.94. The van der Waals surface area contributed by atoms with Crippen molar-refractivity contribution in [1.82, 2.24) is 0 Å². The Morgan fingerprint density at radius 3 is 2.55 bits per heavy atom. The summed E-state index contributed by atoms with van der Waals surface area (Å²) in [6.07, 6.45) is 0. The van der Waals surface area contributed by atoms with Crippen LogP contribution in [0.5, 0.6) is 0 Å². The minimum Gasteiger partial charge on any atom is -0.465 e. The van der Waals surface area contributed by atoms with Gasteiger partial charge in [0.25, 0.3) is 0 Å². The Balaban J connectivity index is 3.20. The fourth-order valence-corrected chi connectivity index (χ4v) is 1.70. The van der Waals surface area contributed by atoms with Gasteiger partial charge in [0.2, 0.25) is 5.82 Å². The molecule has 20 heavy (non-hydrogen) atoms. The molecule has 6 nitrogen and oxygen atoms in total. The molecule has 0 unspecified atom stereocenters. The van der Waals surface area contributed by atoms with Crippen LogP contribution in [0.2, 0.25) is 0 Å². The topological polar surface area (TPSA) is 72.7 Å². The molecule has 0 radical (unpaired) electrons. The number of carbonyl (C=O) groups excluding carboxylic acids is 1. The summed E-state index contributed by atoms with van der Waals surface area (Å²) in [5, 5.41) is 10.9. The molecule has 1 rings (SSSR count). The second-order valence-corrected chi connectivity index (χ2v) is 3.83. The average molecular weight is 288 g/mol. The van der Waals surface area contributed by atoms with E-state index in [4.69, 9.17) is 4.74 Å². The highest BCUT2D eigenvalue weighted by molar-refractivity contribution is 5.78. The third-order valence-corrected chi connectivity index (χ3v) is 2.54. The molecule has 1 aromatic rings. The summed E-state index contributed by atoms with van der Waals surface area (Å²) in [5.74, 6) is -2.87. The molecule has 110 valence electrons. The van der Waals surface area contributed by atoms with E-state index in [2.05, 4.69) is 0 Å². The van der Waals surface area contributed by atoms with E-state index >= 15 is 0 Å². The van der Waals surface area contributed by atoms with E-state index < -0.39 is 28.2 Å². The molecule has 0 aromatic heterocycles. The second-order valence-electron chi connectivity index (χ2n) is 3.83. The molecular weight excluding hydrogens is 274 g/mol. The van der Waals surface area contributed by atoms with Crippen LogP contribution in [0.25, 0.3) is 0 Å². The maximum absolute atomic E-state index is 13.5. The number of rotatable bonds is 6. The molecule has 0 aliphatic heterocycles. The van der Waals surface area contributed by atoms with Crippen LogP contribution in [0.4, 0.5) is 20.2 Å². The number of esters is 1. The number of hydrogen-bond donors (Lipinski definition) is 0. The number of likely N-dealkylation sites (N-methyl/N-ethyl adjacent to an activating group) is 1. The van der Waals surface area contributed by atoms with Crippen LogP contribution in [-0.2, 0) is 9.53 Å². The average Bonchev–Trinajstić information content (AvgIpc) is 2.34. The predicted octanol–water partition coefficient (Wildman–Crippen LogP) is 2.26. The quantitative estimate of drug-likeness (QED) is 0.456. The normalized spacial score (nSPS) is 10.2. The van der Waals surface area contributed by atoms with E-state index in [0.717, 1.165) is 6.07 Å². The number of anilines is 1. The van der Waals surface area contributed by atoms with Gasteiger partial charge in [0.1, 0.15) is 18.0 Å². The molecule has 0 spiro atoms. The van der Waals surface area contributed by atoms with Crippen molar-refractivity contribution in [2.45, 2.75) is 13.8 Å². The van der Waals surface area contributed by atoms with Crippen LogP contribution in [-0.4, -0.2) is 30.6 Å². The minimum absolute atomic E-state index is 0.149. The first-order valence-electron chi connectivity index (χ1n) is 5.94. The number of nitro groups is 1. The van der Waals surface area contributed by atoms with Gasteiger partial charge in [-0.2, -0.15) is 4.39 Å². The van der Waals surface area contributed by atoms with Crippen molar-refractivity contribution >= 4 is 17.3 Å². The largest absolute Gasteiger partial charge is 0.465 e. The number of carbonyl (C=O) groups is 1. The van der Waals surface area contributed by atoms with Crippen LogP contribution >= 0.6 is 0 Å². The summed E-state index contributed by atoms with van der Waals surface area (Å²) in [6.45, 7) is 3.19. The number of hydrogen-bond acceptors (Lipinski definition) is 5. The number of nitro benzene ring substituents is 1. The zero-order valence-electron chi connectivity index (χ0n) is 11.1. The van der Waals surface area contributed by atoms with E-state index in [1.54, 1.807) is 13.8 Å². The lowest BCUT2D eigenvalue weighted by Gasteiger charge is -2.21. The van der Waals surface area contributed by atoms with Gasteiger partial charge in [0.05, 0.1) is 11.5 Å². The van der Waals surface area contributed by atoms with Crippen LogP contribution in [0.3, 0.4) is 0 Å². The summed E-state index contributed by atoms with van der Waals surface area (Å²) >= 11 is 0. The number of ether oxygens (including phenoxy) is 1. The Bertz CT molecular complexity index is 522. The molecule has 0 aliphatic carbocycles. The number of nitrogens with zero attached hydrogens (tertiary/aromatic N) is 2. The number of halogens is 2. The van der Waals surface area contributed by atoms with Gasteiger partial charge in [0.15, 0.2) is 0 Å². The molecule has 0 atom stereocenters. The first kappa shape index (κ1) is 15.8. The van der Waals surface area contributed by atoms with Gasteiger partial charge in [-0.3, -0.25) is 14.9 Å². The fourth-order valence-electron chi connectivity index (χ4n) is 1.70. The molecule has 0 aliphatic rings. The zero-order chi connectivity index (χ0) is 15.3. The van der Waals surface area contributed by atoms with Crippen LogP contribution in [0.15, 0.2) is 12.1 Å². The monoisotopic (exact) mass is 288 g/mol. The molecule has 0 heterocycles. The van der Waals surface area contributed by atoms with Gasteiger partial charge in [-0.25, -0.2) is 4.39 Å². The number of benzene rings is 1. The molecule has 0 bridgehead atoms. The standard InChI is InChI=1S/C12H14F2N2O4/c1-3-15(7-11(17)20-4-2)10-6-8(13)5-9(14)12(10)16(18)19/h5-6H,3-4,7H2,1-2H3. The Morgan fingerprint density at radius 2 is 2.05 bits per heavy atom. The first-order chi connectivity index (χ1) is 9.40. The molecule has 0 fully saturated rings. The van der Waals surface area contributed by atoms with Gasteiger partial charge in [-0.05, 0) is 13.8 Å². The highest BCUT2D eigenvalue weighted by Crippen LogP contribution is 2.31. The molecule has 0 amide bonds. The Morgan fingerprint density at radius 1 is 1.40 bits per heavy atom. The fraction of sp³-hybridized carbons (Fsp3) is 0.417. The van der Waals surface area contributed by atoms with Crippen LogP contribution < -0.4 is 4.90 Å². The molecule has 8 heteroatoms. The van der Waals surface area contributed by atoms with Gasteiger partial charge in [-0.1, -0.05) is 0 Å². The van der Waals surface area contributed by atoms with Gasteiger partial charge in [-0.15, -0.1) is 0 Å². The van der Waals surface area contributed by atoms with Gasteiger partial charge in [0, 0.05) is 18.7 Å². The van der Waals surface area contributed by atoms with Gasteiger partial charge < -0.3 is 9.64 Å². The van der Waals surface area contributed by atoms with Crippen molar-refractivity contribution in [3.63, 3.8) is 0 Å². The lowest BCUT2D eigenvalue weighted by Crippen LogP contribution is -2.31. The Kier molecular flexibility index (Phi) is 5.36. The van der Waals surface area contributed by atoms with Crippen molar-refractivity contribution in [2.75, 3.05) is 24.6 Å². The van der Waals surface area contributed by atoms with Crippen LogP contribution in [0.1, 0.15) is 13.8 Å². The van der Waals surface area contributed by atoms with E-state index in [-0.39, 0.29) is 25.4 Å². The van der Waals surface area contributed by atoms with E-state index in [1.165, 1.54) is 4.90 Å². The minimum atomic E-state index is -1.28. The lowest BCUT2D eigenvalue weighted by molar-refractivity contribution is -0.386. The summed E-state index contributed by atoms with van der Waals surface area (Å²) in [6, 6.07) is 1.25. The van der Waals surface area contributed by atoms with Gasteiger partial charge >= 0.3 is 11.7 Å². The second kappa shape index (κ2) is 6.78. The molecule has 1 aromatic carbocycles. The highest BCUT2D eigenvalue weighted by atomic mass is 19.1. The third-order valence-electron chi connectivity index (χ3n) is 2.54. The summed E-state index contributed by atoms with van der Waals surface area (Å²) in [4.78, 5) is 22.5. The van der Waals surface area contributed by atoms with E-state index in [1.807, 2.05) is 0 Å². The third kappa shape index (κ3) is 3.62. The smallest absolute Gasteiger partial charge is 0.328 e. The molecular formula is C12H14F2N2O4. The van der Waals surface area contributed by atoms with E-state index in [0.29, 0.717) is 6.07 Å². The summed E-state index contributed by atoms with van der Waals surface area (Å²) < 4.78 is 31.5. The van der Waals surface area contributed by atoms with Crippen molar-refractivity contribution in [2.24, 2.45) is 0 Å². The van der Waals surface area contributed by atoms with Crippen molar-refractivity contribution < 1.29 is 23.2 Å². The predicted molar refractivity (Wildman–Crippen MR) is 67.5 cm³/mol. The summed E-state index contributed by atoms with van der Waals surface area (Å²) in [7, 11) is 0. The Hall–Kier alpha value is -2.25. The van der Waals surface area contributed by atoms with Crippen molar-refractivity contribution in [1.29, 1.82) is 0 Å².